The summed E-state index contributed by atoms with van der Waals surface area (Å²) in [4.78, 5) is 27.7. The molecule has 1 unspecified atom stereocenters. The highest BCUT2D eigenvalue weighted by molar-refractivity contribution is 7.92. The van der Waals surface area contributed by atoms with Gasteiger partial charge in [-0.25, -0.2) is 4.21 Å². The summed E-state index contributed by atoms with van der Waals surface area (Å²) < 4.78 is 71.2. The molecule has 2 amide bonds. The van der Waals surface area contributed by atoms with Crippen molar-refractivity contribution in [1.29, 1.82) is 0 Å². The van der Waals surface area contributed by atoms with Gasteiger partial charge >= 0.3 is 12.1 Å². The Kier molecular flexibility index (Phi) is 9.41. The second-order valence-corrected chi connectivity index (χ2v) is 15.8. The summed E-state index contributed by atoms with van der Waals surface area (Å²) in [6, 6.07) is 10.8. The Morgan fingerprint density at radius 3 is 2.74 bits per heavy atom. The summed E-state index contributed by atoms with van der Waals surface area (Å²) in [5.41, 5.74) is 2.73. The molecule has 8 nitrogen and oxygen atoms in total. The van der Waals surface area contributed by atoms with Gasteiger partial charge in [0.25, 0.3) is 5.91 Å². The van der Waals surface area contributed by atoms with Crippen LogP contribution in [0.5, 0.6) is 5.75 Å². The van der Waals surface area contributed by atoms with Crippen LogP contribution in [0.4, 0.5) is 18.9 Å². The molecule has 2 aromatic carbocycles. The van der Waals surface area contributed by atoms with Crippen molar-refractivity contribution in [2.45, 2.75) is 63.1 Å². The number of allylic oxidation sites excluding steroid dienone is 1. The molecule has 6 rings (SSSR count). The standard InChI is InChI=1S/C34H39ClF3N3O5S/c1-21-5-3-7-29(45-2)26-11-8-24(26)17-41-19-33(14-4-6-22-15-25(35)10-12-27(22)33)20-46-30-13-9-23(16-28(30)41)31(42)39-47(44,18-21)40-32(43)34(36,37)38/h3,7,9-10,12-13,15-16,21,24,26,29H,4-6,8,11,14,17-20H2,1-2H3,(H,39,40,42,43,44)/b7-3+/t21-,24-,26+,29-,33-,47?/m0/s1. The molecule has 1 fully saturated rings. The maximum absolute atomic E-state index is 13.8. The van der Waals surface area contributed by atoms with Crippen LogP contribution in [0.3, 0.4) is 0 Å². The van der Waals surface area contributed by atoms with Crippen molar-refractivity contribution < 1.29 is 36.4 Å². The molecule has 47 heavy (non-hydrogen) atoms. The lowest BCUT2D eigenvalue weighted by atomic mass is 9.68. The van der Waals surface area contributed by atoms with Crippen molar-refractivity contribution in [3.05, 3.63) is 70.3 Å². The van der Waals surface area contributed by atoms with E-state index in [1.165, 1.54) is 21.9 Å². The van der Waals surface area contributed by atoms with Crippen LogP contribution < -0.4 is 14.4 Å². The van der Waals surface area contributed by atoms with Crippen LogP contribution in [0.1, 0.15) is 60.5 Å². The Labute approximate surface area is 278 Å². The van der Waals surface area contributed by atoms with Crippen LogP contribution in [0.25, 0.3) is 0 Å². The first-order chi connectivity index (χ1) is 22.3. The van der Waals surface area contributed by atoms with Gasteiger partial charge in [0, 0.05) is 36.2 Å². The van der Waals surface area contributed by atoms with Gasteiger partial charge in [0.15, 0.2) is 0 Å². The molecular formula is C34H39ClF3N3O5S. The summed E-state index contributed by atoms with van der Waals surface area (Å²) in [5.74, 6) is -3.20. The minimum Gasteiger partial charge on any atom is -0.490 e. The van der Waals surface area contributed by atoms with Crippen LogP contribution in [0.2, 0.25) is 5.02 Å². The number of aryl methyl sites for hydroxylation is 1. The lowest BCUT2D eigenvalue weighted by molar-refractivity contribution is -0.171. The molecule has 0 radical (unpaired) electrons. The van der Waals surface area contributed by atoms with E-state index in [2.05, 4.69) is 15.3 Å². The van der Waals surface area contributed by atoms with Crippen molar-refractivity contribution >= 4 is 39.0 Å². The SMILES string of the molecule is CO[C@H]1/C=C/C[C@H](C)CS(=O)(NC(=O)C(F)(F)F)=NC(=O)c2ccc3c(c2)N(C[C@@H]2CC[C@H]21)C[C@@]1(CCCc2cc(Cl)ccc21)CO3. The van der Waals surface area contributed by atoms with Crippen molar-refractivity contribution in [1.82, 2.24) is 4.72 Å². The van der Waals surface area contributed by atoms with E-state index in [9.17, 15) is 27.0 Å². The van der Waals surface area contributed by atoms with Gasteiger partial charge in [-0.3, -0.25) is 14.3 Å². The smallest absolute Gasteiger partial charge is 0.472 e. The van der Waals surface area contributed by atoms with Crippen LogP contribution >= 0.6 is 11.6 Å². The molecule has 2 aliphatic carbocycles. The topological polar surface area (TPSA) is 97.3 Å². The minimum absolute atomic E-state index is 0.0395. The highest BCUT2D eigenvalue weighted by Crippen LogP contribution is 2.47. The molecular weight excluding hydrogens is 655 g/mol. The van der Waals surface area contributed by atoms with Gasteiger partial charge < -0.3 is 14.4 Å². The molecule has 2 heterocycles. The molecule has 1 saturated carbocycles. The average Bonchev–Trinajstić information content (AvgIpc) is 3.14. The summed E-state index contributed by atoms with van der Waals surface area (Å²) >= 11 is 6.38. The van der Waals surface area contributed by atoms with E-state index < -0.39 is 39.6 Å². The van der Waals surface area contributed by atoms with E-state index >= 15 is 0 Å². The van der Waals surface area contributed by atoms with Gasteiger partial charge in [0.2, 0.25) is 0 Å². The summed E-state index contributed by atoms with van der Waals surface area (Å²) in [6.45, 7) is 3.38. The third-order valence-corrected chi connectivity index (χ3v) is 12.2. The molecule has 13 heteroatoms. The van der Waals surface area contributed by atoms with E-state index in [1.54, 1.807) is 26.2 Å². The first-order valence-electron chi connectivity index (χ1n) is 16.0. The number of alkyl halides is 3. The van der Waals surface area contributed by atoms with Crippen LogP contribution in [-0.2, 0) is 31.3 Å². The van der Waals surface area contributed by atoms with Crippen LogP contribution in [0, 0.1) is 17.8 Å². The molecule has 254 valence electrons. The third-order valence-electron chi connectivity index (χ3n) is 10.0. The maximum atomic E-state index is 13.8. The molecule has 1 spiro atoms. The molecule has 0 saturated heterocycles. The van der Waals surface area contributed by atoms with Gasteiger partial charge in [-0.05, 0) is 97.7 Å². The van der Waals surface area contributed by atoms with Crippen molar-refractivity contribution in [2.75, 3.05) is 37.5 Å². The molecule has 0 aromatic heterocycles. The maximum Gasteiger partial charge on any atom is 0.472 e. The lowest BCUT2D eigenvalue weighted by Gasteiger charge is -2.46. The number of fused-ring (bicyclic) bond motifs is 4. The van der Waals surface area contributed by atoms with Crippen LogP contribution in [0.15, 0.2) is 52.9 Å². The summed E-state index contributed by atoms with van der Waals surface area (Å²) in [7, 11) is -2.48. The Bertz CT molecular complexity index is 1710. The Morgan fingerprint density at radius 2 is 2.02 bits per heavy atom. The predicted molar refractivity (Wildman–Crippen MR) is 174 cm³/mol. The lowest BCUT2D eigenvalue weighted by Crippen LogP contribution is -2.49. The number of amides is 2. The average molecular weight is 694 g/mol. The minimum atomic E-state index is -5.30. The normalized spacial score (nSPS) is 31.7. The van der Waals surface area contributed by atoms with Crippen molar-refractivity contribution in [3.8, 4) is 5.75 Å². The number of hydrogen-bond acceptors (Lipinski definition) is 6. The number of ether oxygens (including phenoxy) is 2. The van der Waals surface area contributed by atoms with Gasteiger partial charge in [-0.1, -0.05) is 36.7 Å². The van der Waals surface area contributed by atoms with Gasteiger partial charge in [-0.2, -0.15) is 13.2 Å². The number of halogens is 4. The number of nitrogens with zero attached hydrogens (tertiary/aromatic N) is 2. The van der Waals surface area contributed by atoms with E-state index in [4.69, 9.17) is 21.1 Å². The highest BCUT2D eigenvalue weighted by atomic mass is 35.5. The molecule has 4 aliphatic rings. The number of carbonyl (C=O) groups is 2. The fourth-order valence-electron chi connectivity index (χ4n) is 7.57. The largest absolute Gasteiger partial charge is 0.490 e. The summed E-state index contributed by atoms with van der Waals surface area (Å²) in [6.07, 6.45) is 3.44. The number of rotatable bonds is 2. The number of methoxy groups -OCH3 is 1. The summed E-state index contributed by atoms with van der Waals surface area (Å²) in [5, 5.41) is 0.684. The van der Waals surface area contributed by atoms with Gasteiger partial charge in [0.1, 0.15) is 15.7 Å². The van der Waals surface area contributed by atoms with Crippen molar-refractivity contribution in [3.63, 3.8) is 0 Å². The van der Waals surface area contributed by atoms with Crippen LogP contribution in [-0.4, -0.2) is 60.9 Å². The second-order valence-electron chi connectivity index (χ2n) is 13.4. The number of anilines is 1. The number of hydrogen-bond donors (Lipinski definition) is 1. The second kappa shape index (κ2) is 13.1. The Balaban J connectivity index is 1.45. The first-order valence-corrected chi connectivity index (χ1v) is 18.0. The quantitative estimate of drug-likeness (QED) is 0.354. The zero-order chi connectivity index (χ0) is 33.6. The zero-order valence-corrected chi connectivity index (χ0v) is 27.9. The molecule has 6 atom stereocenters. The van der Waals surface area contributed by atoms with E-state index in [0.29, 0.717) is 48.5 Å². The molecule has 1 N–H and O–H groups in total. The monoisotopic (exact) mass is 693 g/mol. The Hall–Kier alpha value is -3.09. The van der Waals surface area contributed by atoms with E-state index in [1.807, 2.05) is 24.3 Å². The highest BCUT2D eigenvalue weighted by Gasteiger charge is 2.45. The van der Waals surface area contributed by atoms with E-state index in [0.717, 1.165) is 32.1 Å². The number of benzene rings is 2. The number of nitrogens with one attached hydrogen (secondary N) is 1. The van der Waals surface area contributed by atoms with Gasteiger partial charge in [-0.15, -0.1) is 4.36 Å². The molecule has 2 aliphatic heterocycles. The van der Waals surface area contributed by atoms with E-state index in [-0.39, 0.29) is 23.0 Å². The molecule has 2 bridgehead atoms. The number of carbonyl (C=O) groups excluding carboxylic acids is 2. The third kappa shape index (κ3) is 7.05. The molecule has 2 aromatic rings. The van der Waals surface area contributed by atoms with Crippen molar-refractivity contribution in [2.24, 2.45) is 22.1 Å². The zero-order valence-electron chi connectivity index (χ0n) is 26.4. The Morgan fingerprint density at radius 1 is 1.21 bits per heavy atom. The predicted octanol–water partition coefficient (Wildman–Crippen LogP) is 6.65. The fourth-order valence-corrected chi connectivity index (χ4v) is 9.65. The fraction of sp³-hybridized carbons (Fsp3) is 0.529. The first kappa shape index (κ1) is 33.8. The van der Waals surface area contributed by atoms with Gasteiger partial charge in [0.05, 0.1) is 24.2 Å².